The van der Waals surface area contributed by atoms with Crippen LogP contribution in [0.5, 0.6) is 0 Å². The molecule has 3 nitrogen and oxygen atoms in total. The van der Waals surface area contributed by atoms with Gasteiger partial charge in [-0.3, -0.25) is 0 Å². The molecule has 1 unspecified atom stereocenters. The Labute approximate surface area is 104 Å². The molecule has 1 atom stereocenters. The molecule has 1 heterocycles. The molecule has 1 N–H and O–H groups in total. The number of H-pyrrole nitrogens is 1. The van der Waals surface area contributed by atoms with E-state index >= 15 is 0 Å². The van der Waals surface area contributed by atoms with E-state index in [2.05, 4.69) is 9.82 Å². The van der Waals surface area contributed by atoms with Crippen molar-refractivity contribution in [1.82, 2.24) is 9.71 Å². The van der Waals surface area contributed by atoms with Crippen molar-refractivity contribution in [2.75, 3.05) is 0 Å². The molecule has 1 aromatic carbocycles. The summed E-state index contributed by atoms with van der Waals surface area (Å²) in [6.45, 7) is 0. The van der Waals surface area contributed by atoms with Gasteiger partial charge in [0.2, 0.25) is 4.77 Å². The van der Waals surface area contributed by atoms with Crippen molar-refractivity contribution in [2.24, 2.45) is 0 Å². The SMILES string of the molecule is FC(Cl)C(F)(F)On1c(=S)[nH]c2ccccc21. The summed E-state index contributed by atoms with van der Waals surface area (Å²) in [7, 11) is 0. The van der Waals surface area contributed by atoms with Crippen LogP contribution in [0.3, 0.4) is 0 Å². The molecule has 0 fully saturated rings. The molecular weight excluding hydrogens is 277 g/mol. The highest BCUT2D eigenvalue weighted by molar-refractivity contribution is 7.71. The van der Waals surface area contributed by atoms with Crippen LogP contribution in [0, 0.1) is 4.77 Å². The maximum absolute atomic E-state index is 13.0. The largest absolute Gasteiger partial charge is 0.462 e. The number of hydrogen-bond acceptors (Lipinski definition) is 2. The average molecular weight is 283 g/mol. The molecule has 2 rings (SSSR count). The molecule has 92 valence electrons. The van der Waals surface area contributed by atoms with Gasteiger partial charge in [-0.1, -0.05) is 23.7 Å². The minimum Gasteiger partial charge on any atom is -0.334 e. The first-order valence-electron chi connectivity index (χ1n) is 4.47. The van der Waals surface area contributed by atoms with E-state index in [-0.39, 0.29) is 10.3 Å². The van der Waals surface area contributed by atoms with E-state index in [9.17, 15) is 13.2 Å². The number of imidazole rings is 1. The molecule has 0 radical (unpaired) electrons. The van der Waals surface area contributed by atoms with Crippen molar-refractivity contribution in [1.29, 1.82) is 0 Å². The number of nitrogens with one attached hydrogen (secondary N) is 1. The standard InChI is InChI=1S/C9H6ClF3N2OS/c10-7(11)9(12,13)16-15-6-4-2-1-3-5(6)14-8(15)17/h1-4,7H,(H,14,17). The van der Waals surface area contributed by atoms with Gasteiger partial charge in [-0.15, -0.1) is 4.73 Å². The van der Waals surface area contributed by atoms with E-state index in [1.54, 1.807) is 18.2 Å². The number of alkyl halides is 4. The number of para-hydroxylation sites is 2. The first kappa shape index (κ1) is 12.3. The lowest BCUT2D eigenvalue weighted by molar-refractivity contribution is -0.254. The summed E-state index contributed by atoms with van der Waals surface area (Å²) in [4.78, 5) is 6.83. The van der Waals surface area contributed by atoms with E-state index in [4.69, 9.17) is 23.8 Å². The second-order valence-corrected chi connectivity index (χ2v) is 3.97. The highest BCUT2D eigenvalue weighted by atomic mass is 35.5. The number of benzene rings is 1. The van der Waals surface area contributed by atoms with Crippen LogP contribution in [0.4, 0.5) is 13.2 Å². The Balaban J connectivity index is 2.49. The zero-order valence-corrected chi connectivity index (χ0v) is 9.73. The monoisotopic (exact) mass is 282 g/mol. The van der Waals surface area contributed by atoms with Gasteiger partial charge in [0.05, 0.1) is 5.52 Å². The Kier molecular flexibility index (Phi) is 3.05. The molecule has 1 aromatic heterocycles. The lowest BCUT2D eigenvalue weighted by atomic mass is 10.3. The van der Waals surface area contributed by atoms with Crippen LogP contribution in [0.1, 0.15) is 0 Å². The van der Waals surface area contributed by atoms with Crippen LogP contribution in [-0.4, -0.2) is 21.5 Å². The molecule has 8 heteroatoms. The Hall–Kier alpha value is -1.21. The maximum Gasteiger partial charge on any atom is 0.462 e. The van der Waals surface area contributed by atoms with Crippen LogP contribution in [0.2, 0.25) is 0 Å². The molecule has 0 aliphatic heterocycles. The highest BCUT2D eigenvalue weighted by Crippen LogP contribution is 2.25. The van der Waals surface area contributed by atoms with Gasteiger partial charge >= 0.3 is 6.11 Å². The van der Waals surface area contributed by atoms with E-state index < -0.39 is 11.7 Å². The van der Waals surface area contributed by atoms with Gasteiger partial charge in [-0.25, -0.2) is 4.39 Å². The fraction of sp³-hybridized carbons (Fsp3) is 0.222. The molecule has 0 bridgehead atoms. The third kappa shape index (κ3) is 2.25. The first-order chi connectivity index (χ1) is 7.92. The smallest absolute Gasteiger partial charge is 0.334 e. The number of hydrogen-bond donors (Lipinski definition) is 1. The second kappa shape index (κ2) is 4.23. The molecule has 0 saturated heterocycles. The summed E-state index contributed by atoms with van der Waals surface area (Å²) in [5.41, 5.74) is -2.19. The molecule has 17 heavy (non-hydrogen) atoms. The zero-order valence-electron chi connectivity index (χ0n) is 8.16. The van der Waals surface area contributed by atoms with Crippen molar-refractivity contribution < 1.29 is 18.0 Å². The van der Waals surface area contributed by atoms with Crippen LogP contribution < -0.4 is 4.84 Å². The summed E-state index contributed by atoms with van der Waals surface area (Å²) >= 11 is 9.48. The number of fused-ring (bicyclic) bond motifs is 1. The van der Waals surface area contributed by atoms with Gasteiger partial charge < -0.3 is 9.82 Å². The Morgan fingerprint density at radius 2 is 2.06 bits per heavy atom. The summed E-state index contributed by atoms with van der Waals surface area (Å²) in [6, 6.07) is 6.42. The third-order valence-electron chi connectivity index (χ3n) is 2.02. The minimum atomic E-state index is -4.16. The first-order valence-corrected chi connectivity index (χ1v) is 5.31. The van der Waals surface area contributed by atoms with Crippen molar-refractivity contribution >= 4 is 34.9 Å². The summed E-state index contributed by atoms with van der Waals surface area (Å²) in [6.07, 6.45) is -4.16. The van der Waals surface area contributed by atoms with Crippen LogP contribution in [0.15, 0.2) is 24.3 Å². The van der Waals surface area contributed by atoms with E-state index in [0.717, 1.165) is 0 Å². The second-order valence-electron chi connectivity index (χ2n) is 3.20. The maximum atomic E-state index is 13.0. The van der Waals surface area contributed by atoms with E-state index in [1.165, 1.54) is 6.07 Å². The lowest BCUT2D eigenvalue weighted by Crippen LogP contribution is -2.38. The Bertz CT molecular complexity index is 595. The molecular formula is C9H6ClF3N2OS. The summed E-state index contributed by atoms with van der Waals surface area (Å²) in [5.74, 6) is 0. The normalized spacial score (nSPS) is 13.9. The van der Waals surface area contributed by atoms with Gasteiger partial charge in [0.15, 0.2) is 0 Å². The van der Waals surface area contributed by atoms with Gasteiger partial charge in [0.25, 0.3) is 5.63 Å². The molecule has 0 amide bonds. The average Bonchev–Trinajstić information content (AvgIpc) is 2.55. The summed E-state index contributed by atoms with van der Waals surface area (Å²) < 4.78 is 39.0. The Morgan fingerprint density at radius 3 is 2.71 bits per heavy atom. The van der Waals surface area contributed by atoms with Gasteiger partial charge in [0.1, 0.15) is 5.52 Å². The number of aromatic nitrogens is 2. The van der Waals surface area contributed by atoms with E-state index in [1.807, 2.05) is 0 Å². The van der Waals surface area contributed by atoms with Crippen molar-refractivity contribution in [3.05, 3.63) is 29.0 Å². The topological polar surface area (TPSA) is 29.9 Å². The van der Waals surface area contributed by atoms with Gasteiger partial charge in [-0.2, -0.15) is 8.78 Å². The molecule has 2 aromatic rings. The number of aromatic amines is 1. The molecule has 0 aliphatic rings. The number of rotatable bonds is 3. The van der Waals surface area contributed by atoms with Gasteiger partial charge in [-0.05, 0) is 24.4 Å². The van der Waals surface area contributed by atoms with Crippen molar-refractivity contribution in [3.63, 3.8) is 0 Å². The number of nitrogens with zero attached hydrogens (tertiary/aromatic N) is 1. The van der Waals surface area contributed by atoms with Crippen molar-refractivity contribution in [3.8, 4) is 0 Å². The van der Waals surface area contributed by atoms with E-state index in [0.29, 0.717) is 10.2 Å². The molecule has 0 spiro atoms. The number of halogens is 4. The quantitative estimate of drug-likeness (QED) is 0.692. The summed E-state index contributed by atoms with van der Waals surface area (Å²) in [5, 5.41) is 0. The predicted molar refractivity (Wildman–Crippen MR) is 59.4 cm³/mol. The fourth-order valence-electron chi connectivity index (χ4n) is 1.28. The third-order valence-corrected chi connectivity index (χ3v) is 2.54. The Morgan fingerprint density at radius 1 is 1.41 bits per heavy atom. The predicted octanol–water partition coefficient (Wildman–Crippen LogP) is 3.25. The van der Waals surface area contributed by atoms with Crippen LogP contribution >= 0.6 is 23.8 Å². The van der Waals surface area contributed by atoms with Crippen molar-refractivity contribution in [2.45, 2.75) is 11.7 Å². The minimum absolute atomic E-state index is 0.108. The lowest BCUT2D eigenvalue weighted by Gasteiger charge is -2.17. The zero-order chi connectivity index (χ0) is 12.6. The van der Waals surface area contributed by atoms with Crippen LogP contribution in [-0.2, 0) is 0 Å². The van der Waals surface area contributed by atoms with Gasteiger partial charge in [0, 0.05) is 0 Å². The van der Waals surface area contributed by atoms with Crippen LogP contribution in [0.25, 0.3) is 11.0 Å². The fourth-order valence-corrected chi connectivity index (χ4v) is 1.57. The molecule has 0 saturated carbocycles. The molecule has 0 aliphatic carbocycles. The highest BCUT2D eigenvalue weighted by Gasteiger charge is 2.43.